The van der Waals surface area contributed by atoms with Gasteiger partial charge in [0.2, 0.25) is 5.76 Å². The third kappa shape index (κ3) is 3.73. The Labute approximate surface area is 161 Å². The van der Waals surface area contributed by atoms with Crippen LogP contribution in [0.15, 0.2) is 27.7 Å². The molecule has 6 nitrogen and oxygen atoms in total. The molecule has 0 fully saturated rings. The van der Waals surface area contributed by atoms with Crippen LogP contribution in [0.4, 0.5) is 0 Å². The van der Waals surface area contributed by atoms with Crippen molar-refractivity contribution in [3.05, 3.63) is 51.4 Å². The maximum atomic E-state index is 12.6. The number of benzene rings is 1. The highest BCUT2D eigenvalue weighted by Gasteiger charge is 2.29. The number of esters is 1. The van der Waals surface area contributed by atoms with Gasteiger partial charge in [-0.25, -0.2) is 4.79 Å². The lowest BCUT2D eigenvalue weighted by Gasteiger charge is -2.13. The molecule has 0 saturated carbocycles. The number of hydrogen-bond acceptors (Lipinski definition) is 5. The van der Waals surface area contributed by atoms with Gasteiger partial charge < -0.3 is 14.9 Å². The number of fused-ring (bicyclic) bond motifs is 1. The van der Waals surface area contributed by atoms with Crippen molar-refractivity contribution in [2.24, 2.45) is 10.8 Å². The normalized spacial score (nSPS) is 14.8. The number of aryl methyl sites for hydroxylation is 2. The van der Waals surface area contributed by atoms with E-state index in [0.29, 0.717) is 16.3 Å². The highest BCUT2D eigenvalue weighted by molar-refractivity contribution is 7.80. The predicted molar refractivity (Wildman–Crippen MR) is 104 cm³/mol. The van der Waals surface area contributed by atoms with Crippen LogP contribution in [0.25, 0.3) is 0 Å². The van der Waals surface area contributed by atoms with E-state index in [0.717, 1.165) is 41.9 Å². The number of furan rings is 1. The molecular formula is C18H18ClN3O3S. The van der Waals surface area contributed by atoms with Gasteiger partial charge in [-0.15, -0.1) is 0 Å². The maximum absolute atomic E-state index is 12.6. The van der Waals surface area contributed by atoms with Crippen LogP contribution in [0, 0.1) is 13.8 Å². The molecule has 1 aliphatic carbocycles. The van der Waals surface area contributed by atoms with Gasteiger partial charge in [0.05, 0.1) is 5.71 Å². The Morgan fingerprint density at radius 2 is 2.15 bits per heavy atom. The number of nitrogens with one attached hydrogen (secondary N) is 1. The molecule has 3 N–H and O–H groups in total. The zero-order valence-electron chi connectivity index (χ0n) is 14.4. The molecule has 0 spiro atoms. The number of carbonyl (C=O) groups is 1. The van der Waals surface area contributed by atoms with Gasteiger partial charge in [0.1, 0.15) is 11.5 Å². The molecule has 136 valence electrons. The lowest BCUT2D eigenvalue weighted by Crippen LogP contribution is -2.26. The summed E-state index contributed by atoms with van der Waals surface area (Å²) < 4.78 is 11.2. The van der Waals surface area contributed by atoms with Gasteiger partial charge in [-0.3, -0.25) is 5.43 Å². The van der Waals surface area contributed by atoms with Crippen molar-refractivity contribution < 1.29 is 13.9 Å². The molecule has 0 aliphatic heterocycles. The molecule has 0 atom stereocenters. The van der Waals surface area contributed by atoms with Crippen molar-refractivity contribution in [2.75, 3.05) is 0 Å². The molecule has 0 unspecified atom stereocenters. The summed E-state index contributed by atoms with van der Waals surface area (Å²) in [6.07, 6.45) is 2.34. The quantitative estimate of drug-likeness (QED) is 0.359. The van der Waals surface area contributed by atoms with E-state index in [1.54, 1.807) is 18.2 Å². The lowest BCUT2D eigenvalue weighted by atomic mass is 9.93. The first-order valence-electron chi connectivity index (χ1n) is 8.09. The van der Waals surface area contributed by atoms with E-state index in [9.17, 15) is 4.79 Å². The van der Waals surface area contributed by atoms with Crippen LogP contribution in [0.2, 0.25) is 5.02 Å². The van der Waals surface area contributed by atoms with Gasteiger partial charge in [0, 0.05) is 22.6 Å². The van der Waals surface area contributed by atoms with E-state index in [4.69, 9.17) is 38.7 Å². The van der Waals surface area contributed by atoms with E-state index in [-0.39, 0.29) is 10.9 Å². The summed E-state index contributed by atoms with van der Waals surface area (Å²) in [5.41, 5.74) is 11.1. The summed E-state index contributed by atoms with van der Waals surface area (Å²) >= 11 is 10.8. The average molecular weight is 392 g/mol. The average Bonchev–Trinajstić information content (AvgIpc) is 2.94. The Bertz CT molecular complexity index is 921. The van der Waals surface area contributed by atoms with Crippen LogP contribution in [-0.4, -0.2) is 16.8 Å². The van der Waals surface area contributed by atoms with Crippen LogP contribution in [0.3, 0.4) is 0 Å². The van der Waals surface area contributed by atoms with Crippen molar-refractivity contribution in [1.29, 1.82) is 0 Å². The molecule has 0 bridgehead atoms. The van der Waals surface area contributed by atoms with Crippen molar-refractivity contribution in [3.8, 4) is 5.75 Å². The number of carbonyl (C=O) groups excluding carboxylic acids is 1. The largest absolute Gasteiger partial charge is 0.453 e. The minimum absolute atomic E-state index is 0.0866. The molecular weight excluding hydrogens is 374 g/mol. The second-order valence-corrected chi connectivity index (χ2v) is 6.89. The number of halogens is 1. The lowest BCUT2D eigenvalue weighted by molar-refractivity contribution is 0.0698. The van der Waals surface area contributed by atoms with Crippen LogP contribution < -0.4 is 15.9 Å². The van der Waals surface area contributed by atoms with Crippen molar-refractivity contribution in [3.63, 3.8) is 0 Å². The maximum Gasteiger partial charge on any atom is 0.379 e. The highest BCUT2D eigenvalue weighted by Crippen LogP contribution is 2.31. The van der Waals surface area contributed by atoms with Gasteiger partial charge >= 0.3 is 5.97 Å². The number of nitrogens with two attached hydrogens (primary N) is 1. The topological polar surface area (TPSA) is 89.8 Å². The van der Waals surface area contributed by atoms with E-state index < -0.39 is 5.97 Å². The smallest absolute Gasteiger partial charge is 0.379 e. The predicted octanol–water partition coefficient (Wildman–Crippen LogP) is 3.64. The molecule has 1 aromatic heterocycles. The summed E-state index contributed by atoms with van der Waals surface area (Å²) in [6.45, 7) is 3.65. The number of thiocarbonyl (C=S) groups is 1. The van der Waals surface area contributed by atoms with Crippen LogP contribution in [-0.2, 0) is 6.42 Å². The Morgan fingerprint density at radius 1 is 1.38 bits per heavy atom. The molecule has 0 radical (unpaired) electrons. The molecule has 3 rings (SSSR count). The Hall–Kier alpha value is -2.38. The van der Waals surface area contributed by atoms with Gasteiger partial charge in [0.15, 0.2) is 5.11 Å². The minimum Gasteiger partial charge on any atom is -0.453 e. The van der Waals surface area contributed by atoms with Gasteiger partial charge in [-0.05, 0) is 62.7 Å². The Balaban J connectivity index is 1.89. The molecule has 2 aromatic rings. The summed E-state index contributed by atoms with van der Waals surface area (Å²) in [7, 11) is 0. The third-order valence-corrected chi connectivity index (χ3v) is 4.67. The molecule has 1 aromatic carbocycles. The number of rotatable bonds is 3. The number of ether oxygens (including phenoxy) is 1. The van der Waals surface area contributed by atoms with Crippen molar-refractivity contribution in [1.82, 2.24) is 5.43 Å². The Morgan fingerprint density at radius 3 is 2.85 bits per heavy atom. The summed E-state index contributed by atoms with van der Waals surface area (Å²) in [6, 6.07) is 5.04. The SMILES string of the molecule is Cc1cc(OC(=O)c2oc3c(c2C)/C(=N/NC(N)=S)CCC3)ccc1Cl. The van der Waals surface area contributed by atoms with E-state index in [1.165, 1.54) is 0 Å². The van der Waals surface area contributed by atoms with Gasteiger partial charge in [-0.1, -0.05) is 11.6 Å². The van der Waals surface area contributed by atoms with Crippen LogP contribution in [0.1, 0.15) is 45.8 Å². The molecule has 8 heteroatoms. The second-order valence-electron chi connectivity index (χ2n) is 6.04. The van der Waals surface area contributed by atoms with Crippen molar-refractivity contribution in [2.45, 2.75) is 33.1 Å². The summed E-state index contributed by atoms with van der Waals surface area (Å²) in [5.74, 6) is 0.749. The van der Waals surface area contributed by atoms with Crippen molar-refractivity contribution >= 4 is 40.6 Å². The summed E-state index contributed by atoms with van der Waals surface area (Å²) in [5, 5.41) is 4.93. The zero-order valence-corrected chi connectivity index (χ0v) is 16.0. The van der Waals surface area contributed by atoms with Crippen LogP contribution >= 0.6 is 23.8 Å². The number of hydrazone groups is 1. The third-order valence-electron chi connectivity index (χ3n) is 4.15. The molecule has 1 aliphatic rings. The molecule has 0 amide bonds. The monoisotopic (exact) mass is 391 g/mol. The molecule has 0 saturated heterocycles. The first-order chi connectivity index (χ1) is 12.4. The Kier molecular flexibility index (Phi) is 5.29. The minimum atomic E-state index is -0.555. The number of nitrogens with zero attached hydrogens (tertiary/aromatic N) is 1. The highest BCUT2D eigenvalue weighted by atomic mass is 35.5. The fourth-order valence-electron chi connectivity index (χ4n) is 2.93. The fourth-order valence-corrected chi connectivity index (χ4v) is 3.09. The second kappa shape index (κ2) is 7.47. The molecule has 26 heavy (non-hydrogen) atoms. The standard InChI is InChI=1S/C18H18ClN3O3S/c1-9-8-11(6-7-12(9)19)24-17(23)16-10(2)15-13(21-22-18(20)26)4-3-5-14(15)25-16/h6-8H,3-5H2,1-2H3,(H3,20,22,26)/b21-13+. The van der Waals surface area contributed by atoms with E-state index in [2.05, 4.69) is 10.5 Å². The first-order valence-corrected chi connectivity index (χ1v) is 8.88. The van der Waals surface area contributed by atoms with Gasteiger partial charge in [-0.2, -0.15) is 5.10 Å². The fraction of sp³-hybridized carbons (Fsp3) is 0.278. The summed E-state index contributed by atoms with van der Waals surface area (Å²) in [4.78, 5) is 12.6. The van der Waals surface area contributed by atoms with Crippen LogP contribution in [0.5, 0.6) is 5.75 Å². The zero-order chi connectivity index (χ0) is 18.8. The van der Waals surface area contributed by atoms with E-state index >= 15 is 0 Å². The first kappa shape index (κ1) is 18.4. The van der Waals surface area contributed by atoms with E-state index in [1.807, 2.05) is 13.8 Å². The molecule has 1 heterocycles. The van der Waals surface area contributed by atoms with Gasteiger partial charge in [0.25, 0.3) is 0 Å². The number of hydrogen-bond donors (Lipinski definition) is 2.